The van der Waals surface area contributed by atoms with E-state index < -0.39 is 0 Å². The van der Waals surface area contributed by atoms with Gasteiger partial charge in [0.05, 0.1) is 11.2 Å². The highest BCUT2D eigenvalue weighted by Gasteiger charge is 2.47. The molecule has 0 bridgehead atoms. The van der Waals surface area contributed by atoms with E-state index in [1.807, 2.05) is 7.11 Å². The minimum absolute atomic E-state index is 0.109. The standard InChI is InChI=1S/C16H29NO3/c1-18-16(7-10-19-11-8-16)14(17)13-4-9-20-15(12-13)5-2-3-6-15/h13-14H,2-12,17H2,1H3. The van der Waals surface area contributed by atoms with Crippen molar-refractivity contribution in [1.29, 1.82) is 0 Å². The van der Waals surface area contributed by atoms with Crippen molar-refractivity contribution in [2.45, 2.75) is 68.6 Å². The van der Waals surface area contributed by atoms with Gasteiger partial charge < -0.3 is 19.9 Å². The Morgan fingerprint density at radius 3 is 2.45 bits per heavy atom. The lowest BCUT2D eigenvalue weighted by Crippen LogP contribution is -2.58. The molecule has 0 radical (unpaired) electrons. The van der Waals surface area contributed by atoms with Crippen LogP contribution in [0.25, 0.3) is 0 Å². The SMILES string of the molecule is COC1(C(N)C2CCOC3(CCCC3)C2)CCOCC1. The fourth-order valence-corrected chi connectivity index (χ4v) is 4.56. The van der Waals surface area contributed by atoms with Crippen molar-refractivity contribution in [3.63, 3.8) is 0 Å². The molecule has 3 fully saturated rings. The van der Waals surface area contributed by atoms with E-state index in [-0.39, 0.29) is 17.2 Å². The second-order valence-corrected chi connectivity index (χ2v) is 6.90. The fraction of sp³-hybridized carbons (Fsp3) is 1.00. The van der Waals surface area contributed by atoms with Crippen LogP contribution >= 0.6 is 0 Å². The first-order valence-electron chi connectivity index (χ1n) is 8.22. The van der Waals surface area contributed by atoms with Gasteiger partial charge in [0.1, 0.15) is 0 Å². The molecule has 2 saturated heterocycles. The fourth-order valence-electron chi connectivity index (χ4n) is 4.56. The highest BCUT2D eigenvalue weighted by Crippen LogP contribution is 2.45. The van der Waals surface area contributed by atoms with E-state index in [4.69, 9.17) is 19.9 Å². The van der Waals surface area contributed by atoms with E-state index in [9.17, 15) is 0 Å². The van der Waals surface area contributed by atoms with Crippen LogP contribution in [0.2, 0.25) is 0 Å². The first-order valence-corrected chi connectivity index (χ1v) is 8.22. The van der Waals surface area contributed by atoms with Crippen LogP contribution in [0.4, 0.5) is 0 Å². The van der Waals surface area contributed by atoms with Crippen molar-refractivity contribution in [3.8, 4) is 0 Å². The monoisotopic (exact) mass is 283 g/mol. The van der Waals surface area contributed by atoms with E-state index in [1.165, 1.54) is 25.7 Å². The molecular weight excluding hydrogens is 254 g/mol. The summed E-state index contributed by atoms with van der Waals surface area (Å²) >= 11 is 0. The Balaban J connectivity index is 1.70. The predicted octanol–water partition coefficient (Wildman–Crippen LogP) is 2.25. The van der Waals surface area contributed by atoms with Gasteiger partial charge in [0.15, 0.2) is 0 Å². The quantitative estimate of drug-likeness (QED) is 0.863. The third-order valence-corrected chi connectivity index (χ3v) is 5.91. The molecule has 2 heterocycles. The molecule has 4 heteroatoms. The summed E-state index contributed by atoms with van der Waals surface area (Å²) < 4.78 is 17.5. The van der Waals surface area contributed by atoms with E-state index in [0.717, 1.165) is 45.5 Å². The largest absolute Gasteiger partial charge is 0.381 e. The second kappa shape index (κ2) is 5.91. The average Bonchev–Trinajstić information content (AvgIpc) is 2.95. The molecular formula is C16H29NO3. The zero-order chi connectivity index (χ0) is 14.1. The molecule has 116 valence electrons. The summed E-state index contributed by atoms with van der Waals surface area (Å²) in [5.74, 6) is 0.528. The summed E-state index contributed by atoms with van der Waals surface area (Å²) in [5.41, 5.74) is 6.64. The highest BCUT2D eigenvalue weighted by atomic mass is 16.5. The molecule has 0 aromatic heterocycles. The van der Waals surface area contributed by atoms with Gasteiger partial charge >= 0.3 is 0 Å². The van der Waals surface area contributed by atoms with Gasteiger partial charge in [0.25, 0.3) is 0 Å². The van der Waals surface area contributed by atoms with E-state index in [1.54, 1.807) is 0 Å². The van der Waals surface area contributed by atoms with Crippen LogP contribution in [-0.4, -0.2) is 44.2 Å². The first kappa shape index (κ1) is 14.8. The number of nitrogens with two attached hydrogens (primary N) is 1. The molecule has 0 aromatic carbocycles. The van der Waals surface area contributed by atoms with Gasteiger partial charge in [-0.1, -0.05) is 12.8 Å². The maximum atomic E-state index is 6.68. The van der Waals surface area contributed by atoms with Gasteiger partial charge in [0, 0.05) is 45.8 Å². The summed E-state index contributed by atoms with van der Waals surface area (Å²) in [5, 5.41) is 0. The van der Waals surface area contributed by atoms with Crippen LogP contribution in [0.15, 0.2) is 0 Å². The highest BCUT2D eigenvalue weighted by molar-refractivity contribution is 5.01. The number of rotatable bonds is 3. The minimum Gasteiger partial charge on any atom is -0.381 e. The Morgan fingerprint density at radius 2 is 1.80 bits per heavy atom. The lowest BCUT2D eigenvalue weighted by molar-refractivity contribution is -0.142. The van der Waals surface area contributed by atoms with Crippen molar-refractivity contribution in [1.82, 2.24) is 0 Å². The van der Waals surface area contributed by atoms with Crippen LogP contribution in [0.5, 0.6) is 0 Å². The van der Waals surface area contributed by atoms with Crippen molar-refractivity contribution in [3.05, 3.63) is 0 Å². The number of ether oxygens (including phenoxy) is 3. The summed E-state index contributed by atoms with van der Waals surface area (Å²) in [6.07, 6.45) is 9.12. The summed E-state index contributed by atoms with van der Waals surface area (Å²) in [6.45, 7) is 2.42. The van der Waals surface area contributed by atoms with E-state index in [2.05, 4.69) is 0 Å². The molecule has 0 amide bonds. The van der Waals surface area contributed by atoms with Crippen LogP contribution in [0.1, 0.15) is 51.4 Å². The van der Waals surface area contributed by atoms with E-state index in [0.29, 0.717) is 5.92 Å². The molecule has 4 nitrogen and oxygen atoms in total. The third kappa shape index (κ3) is 2.63. The maximum absolute atomic E-state index is 6.68. The van der Waals surface area contributed by atoms with Crippen molar-refractivity contribution >= 4 is 0 Å². The molecule has 2 atom stereocenters. The number of hydrogen-bond donors (Lipinski definition) is 1. The van der Waals surface area contributed by atoms with Gasteiger partial charge in [-0.05, 0) is 31.6 Å². The van der Waals surface area contributed by atoms with Crippen LogP contribution < -0.4 is 5.73 Å². The molecule has 1 spiro atoms. The number of hydrogen-bond acceptors (Lipinski definition) is 4. The first-order chi connectivity index (χ1) is 9.70. The lowest BCUT2D eigenvalue weighted by atomic mass is 9.73. The van der Waals surface area contributed by atoms with Gasteiger partial charge in [-0.15, -0.1) is 0 Å². The molecule has 20 heavy (non-hydrogen) atoms. The molecule has 3 rings (SSSR count). The smallest absolute Gasteiger partial charge is 0.0875 e. The van der Waals surface area contributed by atoms with Crippen LogP contribution in [0, 0.1) is 5.92 Å². The molecule has 1 aliphatic carbocycles. The maximum Gasteiger partial charge on any atom is 0.0875 e. The Bertz CT molecular complexity index is 322. The van der Waals surface area contributed by atoms with Gasteiger partial charge in [0.2, 0.25) is 0 Å². The Kier molecular flexibility index (Phi) is 4.37. The van der Waals surface area contributed by atoms with Crippen molar-refractivity contribution in [2.24, 2.45) is 11.7 Å². The molecule has 2 aliphatic heterocycles. The molecule has 3 aliphatic rings. The molecule has 2 N–H and O–H groups in total. The Labute approximate surface area is 122 Å². The molecule has 1 saturated carbocycles. The second-order valence-electron chi connectivity index (χ2n) is 6.90. The molecule has 2 unspecified atom stereocenters. The Hall–Kier alpha value is -0.160. The van der Waals surface area contributed by atoms with Gasteiger partial charge in [-0.2, -0.15) is 0 Å². The summed E-state index contributed by atoms with van der Waals surface area (Å²) in [7, 11) is 1.82. The summed E-state index contributed by atoms with van der Waals surface area (Å²) in [6, 6.07) is 0.109. The van der Waals surface area contributed by atoms with Crippen molar-refractivity contribution < 1.29 is 14.2 Å². The van der Waals surface area contributed by atoms with Gasteiger partial charge in [-0.25, -0.2) is 0 Å². The summed E-state index contributed by atoms with van der Waals surface area (Å²) in [4.78, 5) is 0. The topological polar surface area (TPSA) is 53.7 Å². The average molecular weight is 283 g/mol. The van der Waals surface area contributed by atoms with Crippen LogP contribution in [-0.2, 0) is 14.2 Å². The molecule has 0 aromatic rings. The number of methoxy groups -OCH3 is 1. The van der Waals surface area contributed by atoms with Crippen LogP contribution in [0.3, 0.4) is 0 Å². The zero-order valence-corrected chi connectivity index (χ0v) is 12.7. The van der Waals surface area contributed by atoms with E-state index >= 15 is 0 Å². The lowest BCUT2D eigenvalue weighted by Gasteiger charge is -2.47. The minimum atomic E-state index is -0.181. The van der Waals surface area contributed by atoms with Gasteiger partial charge in [-0.3, -0.25) is 0 Å². The predicted molar refractivity (Wildman–Crippen MR) is 77.6 cm³/mol. The Morgan fingerprint density at radius 1 is 1.10 bits per heavy atom. The third-order valence-electron chi connectivity index (χ3n) is 5.91. The normalized spacial score (nSPS) is 34.2. The zero-order valence-electron chi connectivity index (χ0n) is 12.7. The van der Waals surface area contributed by atoms with Crippen molar-refractivity contribution in [2.75, 3.05) is 26.9 Å².